The number of carbonyl (C=O) groups is 5. The molecule has 2 aliphatic heterocycles. The van der Waals surface area contributed by atoms with Gasteiger partial charge in [0, 0.05) is 27.7 Å². The summed E-state index contributed by atoms with van der Waals surface area (Å²) in [6.07, 6.45) is -15.1. The standard InChI is InChI=1S/C47H53N5O21P2S/c1-6-19-63-33-17-15-31(16-18-33)29-9-7-28(8-10-29)30-11-13-32(14-12-30)46(59)64-20-35(66-24(2)53)39-40(67-25(3)54)41(68-26(4)55)42(69-27(5)56)47(71-39)72-74(60,61)73-75(62,76)65-21-34-37(57)38(58)45(70-34)52-23-51-36-43(48)49-22-50-44(36)52/h7-18,22-23,34-35,37-42,45,47,57-58H,6,19-21H2,1-5H3,(H,60,61)(H,62,76)(H2,48,49,50)/t34-,35-,37?,38?,39?,40-,41?,42?,45-,47+,75?/m1/s1. The van der Waals surface area contributed by atoms with Crippen molar-refractivity contribution in [1.29, 1.82) is 0 Å². The van der Waals surface area contributed by atoms with E-state index in [1.54, 1.807) is 12.1 Å². The van der Waals surface area contributed by atoms with Gasteiger partial charge in [0.1, 0.15) is 48.6 Å². The Labute approximate surface area is 438 Å². The van der Waals surface area contributed by atoms with E-state index in [0.29, 0.717) is 6.61 Å². The Bertz CT molecular complexity index is 2990. The van der Waals surface area contributed by atoms with Gasteiger partial charge in [-0.25, -0.2) is 28.6 Å². The van der Waals surface area contributed by atoms with Gasteiger partial charge in [-0.05, 0) is 64.7 Å². The van der Waals surface area contributed by atoms with Crippen molar-refractivity contribution < 1.29 is 99.8 Å². The summed E-state index contributed by atoms with van der Waals surface area (Å²) in [6, 6.07) is 21.8. The van der Waals surface area contributed by atoms with Crippen LogP contribution in [0, 0.1) is 0 Å². The Morgan fingerprint density at radius 3 is 1.91 bits per heavy atom. The molecule has 29 heteroatoms. The molecule has 6 N–H and O–H groups in total. The summed E-state index contributed by atoms with van der Waals surface area (Å²) >= 11 is 4.97. The lowest BCUT2D eigenvalue weighted by atomic mass is 9.94. The van der Waals surface area contributed by atoms with Crippen molar-refractivity contribution in [2.24, 2.45) is 0 Å². The summed E-state index contributed by atoms with van der Waals surface area (Å²) in [5.74, 6) is -4.40. The lowest BCUT2D eigenvalue weighted by Crippen LogP contribution is -2.65. The number of ether oxygens (including phenoxy) is 8. The van der Waals surface area contributed by atoms with Crippen molar-refractivity contribution in [2.75, 3.05) is 25.6 Å². The summed E-state index contributed by atoms with van der Waals surface area (Å²) in [4.78, 5) is 98.0. The lowest BCUT2D eigenvalue weighted by molar-refractivity contribution is -0.301. The quantitative estimate of drug-likeness (QED) is 0.0396. The molecule has 0 bridgehead atoms. The topological polar surface area (TPSA) is 354 Å². The van der Waals surface area contributed by atoms with Crippen molar-refractivity contribution in [1.82, 2.24) is 19.5 Å². The van der Waals surface area contributed by atoms with Gasteiger partial charge in [-0.2, -0.15) is 0 Å². The van der Waals surface area contributed by atoms with E-state index < -0.39 is 119 Å². The fourth-order valence-corrected chi connectivity index (χ4v) is 11.2. The summed E-state index contributed by atoms with van der Waals surface area (Å²) < 4.78 is 75.0. The molecule has 76 heavy (non-hydrogen) atoms. The number of rotatable bonds is 21. The van der Waals surface area contributed by atoms with Gasteiger partial charge < -0.3 is 68.2 Å². The number of hydrogen-bond donors (Lipinski definition) is 5. The molecule has 26 nitrogen and oxygen atoms in total. The van der Waals surface area contributed by atoms with E-state index in [9.17, 15) is 48.5 Å². The van der Waals surface area contributed by atoms with Crippen molar-refractivity contribution in [3.8, 4) is 28.0 Å². The molecule has 0 saturated carbocycles. The SMILES string of the molecule is CCCOc1ccc(-c2ccc(-c3ccc(C(=O)OC[C@@H](OC(C)=O)C4O[C@@H](OP(=O)(O)OP(O)(=S)OC[C@H]5O[C@@H](n6cnc7c(N)ncnc76)C(O)C5O)C(OC(C)=O)C(OC(C)=O)[C@@H]4OC(C)=O)cc3)cc2)cc1. The number of aliphatic hydroxyl groups is 2. The number of aliphatic hydroxyl groups excluding tert-OH is 2. The molecule has 12 atom stereocenters. The highest BCUT2D eigenvalue weighted by Crippen LogP contribution is 2.62. The van der Waals surface area contributed by atoms with Gasteiger partial charge in [0.2, 0.25) is 6.29 Å². The van der Waals surface area contributed by atoms with Crippen LogP contribution in [0.5, 0.6) is 5.75 Å². The molecule has 5 aromatic rings. The first-order valence-corrected chi connectivity index (χ1v) is 27.2. The molecular weight excluding hydrogens is 1060 g/mol. The second-order valence-electron chi connectivity index (χ2n) is 17.0. The molecular formula is C47H53N5O21P2S. The number of hydrogen-bond acceptors (Lipinski definition) is 24. The van der Waals surface area contributed by atoms with Crippen molar-refractivity contribution in [3.05, 3.63) is 91.0 Å². The number of phosphoric ester groups is 1. The predicted octanol–water partition coefficient (Wildman–Crippen LogP) is 3.83. The highest BCUT2D eigenvalue weighted by atomic mass is 32.5. The minimum atomic E-state index is -5.83. The van der Waals surface area contributed by atoms with Gasteiger partial charge in [-0.3, -0.25) is 28.3 Å². The third-order valence-corrected chi connectivity index (χ3v) is 14.9. The summed E-state index contributed by atoms with van der Waals surface area (Å²) in [5.41, 5.74) is 9.72. The van der Waals surface area contributed by atoms with Gasteiger partial charge in [0.25, 0.3) is 0 Å². The number of aromatic nitrogens is 4. The molecule has 2 aromatic heterocycles. The number of benzene rings is 3. The van der Waals surface area contributed by atoms with Crippen molar-refractivity contribution in [3.63, 3.8) is 0 Å². The van der Waals surface area contributed by atoms with Crippen LogP contribution in [-0.4, -0.2) is 144 Å². The Morgan fingerprint density at radius 1 is 0.763 bits per heavy atom. The Kier molecular flexibility index (Phi) is 18.7. The molecule has 7 unspecified atom stereocenters. The molecule has 4 heterocycles. The maximum atomic E-state index is 13.7. The number of nitrogens with zero attached hydrogens (tertiary/aromatic N) is 4. The Hall–Kier alpha value is -6.32. The van der Waals surface area contributed by atoms with Gasteiger partial charge in [-0.15, -0.1) is 0 Å². The maximum absolute atomic E-state index is 13.7. The number of esters is 5. The number of anilines is 1. The van der Waals surface area contributed by atoms with Crippen LogP contribution in [-0.2, 0) is 82.1 Å². The average molecular weight is 1120 g/mol. The van der Waals surface area contributed by atoms with E-state index in [1.165, 1.54) is 23.0 Å². The molecule has 0 aliphatic carbocycles. The summed E-state index contributed by atoms with van der Waals surface area (Å²) in [5, 5.41) is 21.7. The molecule has 7 rings (SSSR count). The van der Waals surface area contributed by atoms with Gasteiger partial charge in [0.05, 0.1) is 25.1 Å². The Morgan fingerprint density at radius 2 is 1.33 bits per heavy atom. The number of carbonyl (C=O) groups excluding carboxylic acids is 5. The third-order valence-electron chi connectivity index (χ3n) is 11.3. The smallest absolute Gasteiger partial charge is 0.481 e. The number of nitrogens with two attached hydrogens (primary N) is 1. The normalized spacial score (nSPS) is 24.3. The third kappa shape index (κ3) is 14.4. The monoisotopic (exact) mass is 1120 g/mol. The lowest BCUT2D eigenvalue weighted by Gasteiger charge is -2.45. The van der Waals surface area contributed by atoms with Crippen LogP contribution in [0.2, 0.25) is 0 Å². The summed E-state index contributed by atoms with van der Waals surface area (Å²) in [7, 11) is -5.83. The number of fused-ring (bicyclic) bond motifs is 1. The van der Waals surface area contributed by atoms with Crippen LogP contribution >= 0.6 is 14.5 Å². The van der Waals surface area contributed by atoms with Crippen LogP contribution in [0.4, 0.5) is 5.82 Å². The second-order valence-corrected chi connectivity index (χ2v) is 21.4. The molecule has 0 amide bonds. The largest absolute Gasteiger partial charge is 0.494 e. The molecule has 3 aromatic carbocycles. The highest BCUT2D eigenvalue weighted by molar-refractivity contribution is 8.08. The molecule has 2 aliphatic rings. The molecule has 2 saturated heterocycles. The molecule has 0 spiro atoms. The first-order valence-electron chi connectivity index (χ1n) is 23.1. The van der Waals surface area contributed by atoms with Crippen LogP contribution in [0.25, 0.3) is 33.4 Å². The van der Waals surface area contributed by atoms with Crippen LogP contribution in [0.15, 0.2) is 85.5 Å². The van der Waals surface area contributed by atoms with Crippen molar-refractivity contribution in [2.45, 2.75) is 102 Å². The summed E-state index contributed by atoms with van der Waals surface area (Å²) in [6.45, 7) is -0.317. The first-order chi connectivity index (χ1) is 36.0. The second kappa shape index (κ2) is 24.8. The minimum absolute atomic E-state index is 0.0173. The van der Waals surface area contributed by atoms with E-state index in [0.717, 1.165) is 68.4 Å². The van der Waals surface area contributed by atoms with E-state index in [2.05, 4.69) is 15.0 Å². The van der Waals surface area contributed by atoms with Crippen LogP contribution in [0.1, 0.15) is 57.6 Å². The predicted molar refractivity (Wildman–Crippen MR) is 264 cm³/mol. The zero-order valence-corrected chi connectivity index (χ0v) is 43.7. The van der Waals surface area contributed by atoms with E-state index in [4.69, 9.17) is 68.8 Å². The maximum Gasteiger partial charge on any atom is 0.481 e. The van der Waals surface area contributed by atoms with E-state index in [-0.39, 0.29) is 22.5 Å². The van der Waals surface area contributed by atoms with Gasteiger partial charge >= 0.3 is 44.4 Å². The molecule has 408 valence electrons. The first kappa shape index (κ1) is 57.4. The average Bonchev–Trinajstić information content (AvgIpc) is 3.94. The molecule has 2 fully saturated rings. The Balaban J connectivity index is 1.06. The highest BCUT2D eigenvalue weighted by Gasteiger charge is 2.57. The van der Waals surface area contributed by atoms with Crippen LogP contribution < -0.4 is 10.5 Å². The van der Waals surface area contributed by atoms with Gasteiger partial charge in [-0.1, -0.05) is 55.5 Å². The minimum Gasteiger partial charge on any atom is -0.494 e. The van der Waals surface area contributed by atoms with E-state index in [1.807, 2.05) is 55.5 Å². The number of nitrogen functional groups attached to an aromatic ring is 1. The fourth-order valence-electron chi connectivity index (χ4n) is 8.08. The van der Waals surface area contributed by atoms with Gasteiger partial charge in [0.15, 0.2) is 42.1 Å². The zero-order valence-electron chi connectivity index (χ0n) is 41.1. The number of imidazole rings is 1. The molecule has 0 radical (unpaired) electrons. The van der Waals surface area contributed by atoms with E-state index >= 15 is 0 Å². The number of phosphoric acid groups is 1. The zero-order chi connectivity index (χ0) is 55.1. The van der Waals surface area contributed by atoms with Crippen molar-refractivity contribution >= 4 is 73.2 Å². The fraction of sp³-hybridized carbons (Fsp3) is 0.404. The van der Waals surface area contributed by atoms with Crippen LogP contribution in [0.3, 0.4) is 0 Å².